The molecular formula is C8H17I2O3-. The van der Waals surface area contributed by atoms with Crippen LogP contribution in [-0.4, -0.2) is 42.4 Å². The van der Waals surface area contributed by atoms with Crippen molar-refractivity contribution in [3.63, 3.8) is 0 Å². The van der Waals surface area contributed by atoms with Crippen molar-refractivity contribution in [1.29, 1.82) is 0 Å². The average Bonchev–Trinajstić information content (AvgIpc) is 2.63. The minimum absolute atomic E-state index is 0.501. The Kier molecular flexibility index (Phi) is 8.24. The first-order valence-corrected chi connectivity index (χ1v) is 14.6. The van der Waals surface area contributed by atoms with Crippen LogP contribution >= 0.6 is 16.3 Å². The van der Waals surface area contributed by atoms with Gasteiger partial charge in [0.05, 0.1) is 0 Å². The summed E-state index contributed by atoms with van der Waals surface area (Å²) in [6, 6.07) is 0. The summed E-state index contributed by atoms with van der Waals surface area (Å²) >= 11 is -0.301. The third-order valence-corrected chi connectivity index (χ3v) is 17.4. The number of methoxy groups -OCH3 is 1. The molecule has 0 atom stereocenters. The van der Waals surface area contributed by atoms with Gasteiger partial charge < -0.3 is 0 Å². The maximum atomic E-state index is 5.82. The zero-order valence-corrected chi connectivity index (χ0v) is 12.2. The van der Waals surface area contributed by atoms with Crippen molar-refractivity contribution in [3.8, 4) is 0 Å². The van der Waals surface area contributed by atoms with Crippen molar-refractivity contribution in [2.75, 3.05) is 42.4 Å². The number of hydrogen-bond donors (Lipinski definition) is 0. The number of alkyl halides is 2. The van der Waals surface area contributed by atoms with E-state index in [4.69, 9.17) is 12.5 Å². The summed E-state index contributed by atoms with van der Waals surface area (Å²) in [5.74, 6) is 0. The van der Waals surface area contributed by atoms with E-state index in [9.17, 15) is 0 Å². The van der Waals surface area contributed by atoms with Gasteiger partial charge in [-0.2, -0.15) is 0 Å². The molecular weight excluding hydrogens is 398 g/mol. The Morgan fingerprint density at radius 1 is 1.23 bits per heavy atom. The van der Waals surface area contributed by atoms with Gasteiger partial charge in [0.15, 0.2) is 0 Å². The second-order valence-electron chi connectivity index (χ2n) is 2.52. The molecule has 0 aliphatic carbocycles. The maximum absolute atomic E-state index is 5.82. The van der Waals surface area contributed by atoms with Crippen LogP contribution in [0.1, 0.15) is 6.42 Å². The molecule has 0 aromatic heterocycles. The first-order valence-electron chi connectivity index (χ1n) is 4.39. The molecule has 1 heterocycles. The van der Waals surface area contributed by atoms with Crippen molar-refractivity contribution in [3.05, 3.63) is 0 Å². The van der Waals surface area contributed by atoms with Crippen molar-refractivity contribution in [2.24, 2.45) is 0 Å². The molecule has 5 heteroatoms. The summed E-state index contributed by atoms with van der Waals surface area (Å²) in [4.78, 5) is 0. The van der Waals surface area contributed by atoms with Crippen LogP contribution in [-0.2, 0) is 12.5 Å². The molecule has 0 aromatic rings. The molecule has 1 rings (SSSR count). The van der Waals surface area contributed by atoms with Gasteiger partial charge in [0, 0.05) is 0 Å². The van der Waals surface area contributed by atoms with E-state index >= 15 is 0 Å². The number of halogens is 2. The summed E-state index contributed by atoms with van der Waals surface area (Å²) in [5, 5.41) is 0. The zero-order valence-electron chi connectivity index (χ0n) is 7.93. The standard InChI is InChI=1S/C8H17I2O3/c1-11-5-6-12-7-8-13-10-4-2-3-9-10/h2-8H2,1H3/q-1. The molecule has 0 unspecified atom stereocenters. The predicted octanol–water partition coefficient (Wildman–Crippen LogP) is -1.50. The minimum atomic E-state index is -0.802. The SMILES string of the molecule is COCCOCCOI1CCC[I-]1. The summed E-state index contributed by atoms with van der Waals surface area (Å²) in [6.45, 7) is 2.97. The summed E-state index contributed by atoms with van der Waals surface area (Å²) < 4.78 is 19.0. The number of hydrogen-bond acceptors (Lipinski definition) is 3. The van der Waals surface area contributed by atoms with Crippen LogP contribution in [0.2, 0.25) is 0 Å². The van der Waals surface area contributed by atoms with Crippen molar-refractivity contribution < 1.29 is 29.8 Å². The van der Waals surface area contributed by atoms with Gasteiger partial charge in [0.1, 0.15) is 0 Å². The van der Waals surface area contributed by atoms with Gasteiger partial charge in [0.2, 0.25) is 0 Å². The van der Waals surface area contributed by atoms with E-state index in [0.29, 0.717) is 30.4 Å². The second kappa shape index (κ2) is 8.63. The second-order valence-corrected chi connectivity index (χ2v) is 17.4. The zero-order chi connectivity index (χ0) is 9.36. The monoisotopic (exact) mass is 415 g/mol. The number of rotatable bonds is 7. The fourth-order valence-corrected chi connectivity index (χ4v) is 16.9. The fourth-order valence-electron chi connectivity index (χ4n) is 0.838. The molecule has 0 amide bonds. The van der Waals surface area contributed by atoms with Gasteiger partial charge in [-0.1, -0.05) is 0 Å². The molecule has 1 saturated heterocycles. The van der Waals surface area contributed by atoms with Gasteiger partial charge in [-0.3, -0.25) is 0 Å². The Labute approximate surface area is 94.1 Å². The Morgan fingerprint density at radius 2 is 2.08 bits per heavy atom. The van der Waals surface area contributed by atoms with Crippen LogP contribution in [0, 0.1) is 0 Å². The molecule has 0 saturated carbocycles. The number of ether oxygens (including phenoxy) is 2. The first-order chi connectivity index (χ1) is 6.43. The van der Waals surface area contributed by atoms with Crippen molar-refractivity contribution in [2.45, 2.75) is 6.42 Å². The van der Waals surface area contributed by atoms with E-state index < -0.39 is 16.3 Å². The molecule has 0 radical (unpaired) electrons. The van der Waals surface area contributed by atoms with E-state index in [2.05, 4.69) is 0 Å². The van der Waals surface area contributed by atoms with Crippen LogP contribution in [0.15, 0.2) is 0 Å². The Hall–Kier alpha value is 1.34. The summed E-state index contributed by atoms with van der Waals surface area (Å²) in [7, 11) is 1.69. The van der Waals surface area contributed by atoms with Crippen molar-refractivity contribution >= 4 is 16.3 Å². The fraction of sp³-hybridized carbons (Fsp3) is 1.00. The van der Waals surface area contributed by atoms with Crippen LogP contribution in [0.25, 0.3) is 0 Å². The van der Waals surface area contributed by atoms with Gasteiger partial charge in [-0.25, -0.2) is 0 Å². The summed E-state index contributed by atoms with van der Waals surface area (Å²) in [5.41, 5.74) is 0. The molecule has 82 valence electrons. The first kappa shape index (κ1) is 12.4. The normalized spacial score (nSPS) is 20.2. The summed E-state index contributed by atoms with van der Waals surface area (Å²) in [6.07, 6.45) is 1.45. The third kappa shape index (κ3) is 6.43. The van der Waals surface area contributed by atoms with Crippen LogP contribution in [0.4, 0.5) is 0 Å². The molecule has 0 bridgehead atoms. The van der Waals surface area contributed by atoms with Crippen LogP contribution in [0.3, 0.4) is 0 Å². The molecule has 1 aliphatic heterocycles. The molecule has 0 spiro atoms. The van der Waals surface area contributed by atoms with Gasteiger partial charge in [0.25, 0.3) is 0 Å². The van der Waals surface area contributed by atoms with Gasteiger partial charge >= 0.3 is 94.8 Å². The molecule has 0 N–H and O–H groups in total. The van der Waals surface area contributed by atoms with Crippen LogP contribution in [0.5, 0.6) is 0 Å². The van der Waals surface area contributed by atoms with E-state index in [1.165, 1.54) is 15.3 Å². The van der Waals surface area contributed by atoms with Crippen LogP contribution < -0.4 is 17.2 Å². The molecule has 1 fully saturated rings. The Morgan fingerprint density at radius 3 is 2.77 bits per heavy atom. The molecule has 3 nitrogen and oxygen atoms in total. The van der Waals surface area contributed by atoms with E-state index in [0.717, 1.165) is 13.2 Å². The third-order valence-electron chi connectivity index (χ3n) is 1.45. The predicted molar refractivity (Wildman–Crippen MR) is 57.0 cm³/mol. The Bertz CT molecular complexity index is 118. The Balaban J connectivity index is 1.78. The van der Waals surface area contributed by atoms with E-state index in [1.807, 2.05) is 0 Å². The molecule has 1 aliphatic rings. The van der Waals surface area contributed by atoms with E-state index in [1.54, 1.807) is 7.11 Å². The topological polar surface area (TPSA) is 27.7 Å². The van der Waals surface area contributed by atoms with E-state index in [-0.39, 0.29) is 0 Å². The van der Waals surface area contributed by atoms with Gasteiger partial charge in [-0.15, -0.1) is 0 Å². The average molecular weight is 415 g/mol. The molecule has 0 aromatic carbocycles. The molecule has 13 heavy (non-hydrogen) atoms. The van der Waals surface area contributed by atoms with Gasteiger partial charge in [-0.05, 0) is 0 Å². The van der Waals surface area contributed by atoms with Crippen molar-refractivity contribution in [1.82, 2.24) is 0 Å². The quantitative estimate of drug-likeness (QED) is 0.288.